The summed E-state index contributed by atoms with van der Waals surface area (Å²) in [5.74, 6) is -0.557. The van der Waals surface area contributed by atoms with Crippen molar-refractivity contribution in [3.63, 3.8) is 0 Å². The van der Waals surface area contributed by atoms with Crippen LogP contribution in [0.3, 0.4) is 0 Å². The molecule has 2 atom stereocenters. The number of hydrogen-bond acceptors (Lipinski definition) is 6. The average molecular weight is 563 g/mol. The maximum atomic E-state index is 15.0. The number of H-pyrrole nitrogens is 1. The molecular weight excluding hydrogens is 535 g/mol. The van der Waals surface area contributed by atoms with Crippen LogP contribution in [0.2, 0.25) is 0 Å². The number of aromatic amines is 1. The first-order chi connectivity index (χ1) is 18.6. The summed E-state index contributed by atoms with van der Waals surface area (Å²) in [6, 6.07) is 3.20. The standard InChI is InChI=1S/C27H27F5N6O2/c1-14(36-21-12-35-37-24(39)22(21)27(30,31)32)7-17(28)13-38-6-5-15-8-19(20(29)9-18(15)25(38)40)23-33-10-16(11-34-23)26(2,3)4/h5-6,8-12,14,17H,7,13H2,1-4H3,(H2,36,37,39)/t14-,17-/m0/s1. The van der Waals surface area contributed by atoms with Crippen molar-refractivity contribution in [1.29, 1.82) is 0 Å². The first-order valence-electron chi connectivity index (χ1n) is 12.4. The summed E-state index contributed by atoms with van der Waals surface area (Å²) in [5.41, 5.74) is -3.30. The Bertz CT molecular complexity index is 1640. The number of aromatic nitrogens is 5. The molecule has 1 aromatic carbocycles. The van der Waals surface area contributed by atoms with Gasteiger partial charge in [-0.3, -0.25) is 9.59 Å². The first-order valence-corrected chi connectivity index (χ1v) is 12.4. The number of rotatable bonds is 7. The van der Waals surface area contributed by atoms with Gasteiger partial charge in [0.05, 0.1) is 29.4 Å². The number of hydrogen-bond donors (Lipinski definition) is 2. The van der Waals surface area contributed by atoms with E-state index in [4.69, 9.17) is 0 Å². The van der Waals surface area contributed by atoms with Crippen LogP contribution in [-0.2, 0) is 18.1 Å². The number of fused-ring (bicyclic) bond motifs is 1. The molecule has 0 unspecified atom stereocenters. The van der Waals surface area contributed by atoms with Crippen molar-refractivity contribution in [1.82, 2.24) is 24.7 Å². The second kappa shape index (κ2) is 10.8. The Labute approximate surface area is 225 Å². The third kappa shape index (κ3) is 6.18. The molecular formula is C27H27F5N6O2. The quantitative estimate of drug-likeness (QED) is 0.299. The zero-order valence-electron chi connectivity index (χ0n) is 22.1. The molecule has 8 nitrogen and oxygen atoms in total. The van der Waals surface area contributed by atoms with Gasteiger partial charge in [0.2, 0.25) is 0 Å². The summed E-state index contributed by atoms with van der Waals surface area (Å²) >= 11 is 0. The predicted octanol–water partition coefficient (Wildman–Crippen LogP) is 5.23. The van der Waals surface area contributed by atoms with Crippen molar-refractivity contribution in [3.05, 3.63) is 80.6 Å². The van der Waals surface area contributed by atoms with E-state index >= 15 is 4.39 Å². The summed E-state index contributed by atoms with van der Waals surface area (Å²) in [6.45, 7) is 7.02. The van der Waals surface area contributed by atoms with Gasteiger partial charge in [-0.1, -0.05) is 20.8 Å². The second-order valence-electron chi connectivity index (χ2n) is 10.6. The maximum Gasteiger partial charge on any atom is 0.423 e. The van der Waals surface area contributed by atoms with Crippen LogP contribution in [0.15, 0.2) is 52.6 Å². The van der Waals surface area contributed by atoms with Gasteiger partial charge >= 0.3 is 6.18 Å². The van der Waals surface area contributed by atoms with E-state index in [1.807, 2.05) is 20.8 Å². The molecule has 0 spiro atoms. The van der Waals surface area contributed by atoms with Crippen LogP contribution in [-0.4, -0.2) is 36.9 Å². The van der Waals surface area contributed by atoms with E-state index in [-0.39, 0.29) is 28.6 Å². The molecule has 2 N–H and O–H groups in total. The Morgan fingerprint density at radius 1 is 1.07 bits per heavy atom. The molecule has 0 aliphatic heterocycles. The van der Waals surface area contributed by atoms with E-state index in [1.54, 1.807) is 17.5 Å². The van der Waals surface area contributed by atoms with E-state index < -0.39 is 53.1 Å². The highest BCUT2D eigenvalue weighted by atomic mass is 19.4. The number of alkyl halides is 4. The number of nitrogens with zero attached hydrogens (tertiary/aromatic N) is 4. The van der Waals surface area contributed by atoms with Gasteiger partial charge in [-0.15, -0.1) is 0 Å². The molecule has 3 heterocycles. The molecule has 0 radical (unpaired) electrons. The fourth-order valence-corrected chi connectivity index (χ4v) is 4.26. The van der Waals surface area contributed by atoms with Crippen molar-refractivity contribution in [2.24, 2.45) is 0 Å². The van der Waals surface area contributed by atoms with E-state index in [0.717, 1.165) is 22.4 Å². The van der Waals surface area contributed by atoms with Crippen molar-refractivity contribution >= 4 is 16.5 Å². The highest BCUT2D eigenvalue weighted by Crippen LogP contribution is 2.32. The van der Waals surface area contributed by atoms with Crippen LogP contribution in [0.5, 0.6) is 0 Å². The van der Waals surface area contributed by atoms with Crippen LogP contribution >= 0.6 is 0 Å². The molecule has 0 aliphatic carbocycles. The molecule has 0 aliphatic rings. The van der Waals surface area contributed by atoms with Crippen LogP contribution in [0, 0.1) is 5.82 Å². The van der Waals surface area contributed by atoms with Crippen molar-refractivity contribution < 1.29 is 22.0 Å². The van der Waals surface area contributed by atoms with E-state index in [2.05, 4.69) is 20.4 Å². The molecule has 0 fully saturated rings. The molecule has 0 amide bonds. The monoisotopic (exact) mass is 562 g/mol. The van der Waals surface area contributed by atoms with Gasteiger partial charge in [0, 0.05) is 31.1 Å². The summed E-state index contributed by atoms with van der Waals surface area (Å²) in [5, 5.41) is 8.00. The number of nitrogens with one attached hydrogen (secondary N) is 2. The van der Waals surface area contributed by atoms with Crippen molar-refractivity contribution in [2.45, 2.75) is 64.5 Å². The lowest BCUT2D eigenvalue weighted by Crippen LogP contribution is -2.30. The minimum Gasteiger partial charge on any atom is -0.381 e. The van der Waals surface area contributed by atoms with Crippen molar-refractivity contribution in [3.8, 4) is 11.4 Å². The topological polar surface area (TPSA) is 106 Å². The second-order valence-corrected chi connectivity index (χ2v) is 10.6. The van der Waals surface area contributed by atoms with Crippen LogP contribution in [0.4, 0.5) is 27.6 Å². The summed E-state index contributed by atoms with van der Waals surface area (Å²) in [6.07, 6.45) is -1.47. The molecule has 40 heavy (non-hydrogen) atoms. The SMILES string of the molecule is C[C@@H](C[C@H](F)Cn1ccc2cc(-c3ncc(C(C)(C)C)cn3)c(F)cc2c1=O)Nc1cn[nH]c(=O)c1C(F)(F)F. The largest absolute Gasteiger partial charge is 0.423 e. The smallest absolute Gasteiger partial charge is 0.381 e. The minimum absolute atomic E-state index is 0.0258. The number of benzene rings is 1. The lowest BCUT2D eigenvalue weighted by atomic mass is 9.89. The van der Waals surface area contributed by atoms with E-state index in [9.17, 15) is 27.2 Å². The van der Waals surface area contributed by atoms with Gasteiger partial charge < -0.3 is 9.88 Å². The van der Waals surface area contributed by atoms with Gasteiger partial charge in [-0.2, -0.15) is 18.3 Å². The van der Waals surface area contributed by atoms with E-state index in [0.29, 0.717) is 5.39 Å². The lowest BCUT2D eigenvalue weighted by molar-refractivity contribution is -0.138. The Hall–Kier alpha value is -4.16. The Morgan fingerprint density at radius 3 is 2.38 bits per heavy atom. The Kier molecular flexibility index (Phi) is 7.77. The maximum absolute atomic E-state index is 15.0. The molecule has 0 saturated heterocycles. The molecule has 0 saturated carbocycles. The van der Waals surface area contributed by atoms with Crippen molar-refractivity contribution in [2.75, 3.05) is 5.32 Å². The fraction of sp³-hybridized carbons (Fsp3) is 0.370. The number of pyridine rings is 1. The predicted molar refractivity (Wildman–Crippen MR) is 140 cm³/mol. The van der Waals surface area contributed by atoms with Gasteiger partial charge in [-0.25, -0.2) is 23.8 Å². The summed E-state index contributed by atoms with van der Waals surface area (Å²) in [4.78, 5) is 33.2. The molecule has 3 aromatic heterocycles. The average Bonchev–Trinajstić information content (AvgIpc) is 2.84. The molecule has 212 valence electrons. The molecule has 4 aromatic rings. The van der Waals surface area contributed by atoms with Crippen LogP contribution < -0.4 is 16.4 Å². The summed E-state index contributed by atoms with van der Waals surface area (Å²) < 4.78 is 70.8. The Balaban J connectivity index is 1.51. The molecule has 13 heteroatoms. The molecule has 4 rings (SSSR count). The third-order valence-electron chi connectivity index (χ3n) is 6.37. The van der Waals surface area contributed by atoms with Crippen LogP contribution in [0.1, 0.15) is 45.2 Å². The number of anilines is 1. The fourth-order valence-electron chi connectivity index (χ4n) is 4.26. The zero-order chi connectivity index (χ0) is 29.4. The number of halogens is 5. The highest BCUT2D eigenvalue weighted by Gasteiger charge is 2.37. The highest BCUT2D eigenvalue weighted by molar-refractivity contribution is 5.86. The first kappa shape index (κ1) is 28.8. The zero-order valence-corrected chi connectivity index (χ0v) is 22.1. The molecule has 0 bridgehead atoms. The third-order valence-corrected chi connectivity index (χ3v) is 6.37. The van der Waals surface area contributed by atoms with Gasteiger partial charge in [0.1, 0.15) is 17.6 Å². The van der Waals surface area contributed by atoms with Gasteiger partial charge in [-0.05, 0) is 41.5 Å². The summed E-state index contributed by atoms with van der Waals surface area (Å²) in [7, 11) is 0. The van der Waals surface area contributed by atoms with Gasteiger partial charge in [0.25, 0.3) is 11.1 Å². The Morgan fingerprint density at radius 2 is 1.75 bits per heavy atom. The normalized spacial score (nSPS) is 13.8. The van der Waals surface area contributed by atoms with Crippen LogP contribution in [0.25, 0.3) is 22.2 Å². The van der Waals surface area contributed by atoms with E-state index in [1.165, 1.54) is 25.3 Å². The lowest BCUT2D eigenvalue weighted by Gasteiger charge is -2.20. The minimum atomic E-state index is -4.94. The van der Waals surface area contributed by atoms with Gasteiger partial charge in [0.15, 0.2) is 5.82 Å².